The average Bonchev–Trinajstić information content (AvgIpc) is 2.90. The van der Waals surface area contributed by atoms with Crippen molar-refractivity contribution in [1.82, 2.24) is 20.2 Å². The van der Waals surface area contributed by atoms with Gasteiger partial charge in [-0.3, -0.25) is 9.89 Å². The van der Waals surface area contributed by atoms with Crippen LogP contribution in [0.1, 0.15) is 33.6 Å². The van der Waals surface area contributed by atoms with Gasteiger partial charge in [0.25, 0.3) is 0 Å². The van der Waals surface area contributed by atoms with Crippen molar-refractivity contribution in [3.05, 3.63) is 53.2 Å². The van der Waals surface area contributed by atoms with E-state index in [1.807, 2.05) is 24.3 Å². The highest BCUT2D eigenvalue weighted by atomic mass is 16.1. The van der Waals surface area contributed by atoms with E-state index in [-0.39, 0.29) is 11.5 Å². The maximum absolute atomic E-state index is 12.7. The minimum atomic E-state index is -0.993. The van der Waals surface area contributed by atoms with Crippen LogP contribution in [0, 0.1) is 25.2 Å². The molecule has 1 atom stereocenters. The lowest BCUT2D eigenvalue weighted by molar-refractivity contribution is 0.0974. The van der Waals surface area contributed by atoms with Crippen LogP contribution >= 0.6 is 0 Å². The minimum absolute atomic E-state index is 0.260. The van der Waals surface area contributed by atoms with E-state index in [9.17, 15) is 10.1 Å². The molecule has 0 radical (unpaired) electrons. The van der Waals surface area contributed by atoms with E-state index in [0.29, 0.717) is 16.9 Å². The first-order valence-electron chi connectivity index (χ1n) is 6.79. The number of benzene rings is 1. The molecule has 1 N–H and O–H groups in total. The second-order valence-electron chi connectivity index (χ2n) is 5.03. The van der Waals surface area contributed by atoms with Gasteiger partial charge in [-0.05, 0) is 26.0 Å². The van der Waals surface area contributed by atoms with Crippen molar-refractivity contribution in [2.75, 3.05) is 0 Å². The topological polar surface area (TPSA) is 95.3 Å². The van der Waals surface area contributed by atoms with E-state index in [1.165, 1.54) is 0 Å². The van der Waals surface area contributed by atoms with Gasteiger partial charge in [0.15, 0.2) is 5.92 Å². The summed E-state index contributed by atoms with van der Waals surface area (Å²) in [5.74, 6) is -0.820. The maximum Gasteiger partial charge on any atom is 0.206 e. The number of para-hydroxylation sites is 1. The Balaban J connectivity index is 2.07. The number of rotatable bonds is 3. The van der Waals surface area contributed by atoms with Crippen molar-refractivity contribution in [3.63, 3.8) is 0 Å². The second-order valence-corrected chi connectivity index (χ2v) is 5.03. The number of aromatic nitrogens is 4. The van der Waals surface area contributed by atoms with Gasteiger partial charge in [0.1, 0.15) is 11.5 Å². The summed E-state index contributed by atoms with van der Waals surface area (Å²) in [5, 5.41) is 17.0. The van der Waals surface area contributed by atoms with Crippen molar-refractivity contribution in [3.8, 4) is 6.07 Å². The molecule has 0 saturated carbocycles. The molecule has 0 spiro atoms. The molecule has 0 aliphatic carbocycles. The number of hydrogen-bond acceptors (Lipinski definition) is 5. The molecule has 0 amide bonds. The summed E-state index contributed by atoms with van der Waals surface area (Å²) in [6, 6.07) is 11.0. The zero-order valence-electron chi connectivity index (χ0n) is 12.2. The van der Waals surface area contributed by atoms with Gasteiger partial charge in [0.2, 0.25) is 5.78 Å². The molecule has 1 aromatic carbocycles. The molecule has 2 aromatic heterocycles. The number of nitrogens with one attached hydrogen (secondary N) is 1. The molecule has 0 fully saturated rings. The first kappa shape index (κ1) is 13.9. The Bertz CT molecular complexity index is 886. The molecule has 0 saturated heterocycles. The SMILES string of the molecule is Cc1cc(C(C#N)C(=O)c2n[nH]c3ccccc23)nc(C)n1. The maximum atomic E-state index is 12.7. The second kappa shape index (κ2) is 5.37. The van der Waals surface area contributed by atoms with Crippen LogP contribution in [0.15, 0.2) is 30.3 Å². The van der Waals surface area contributed by atoms with Gasteiger partial charge in [-0.1, -0.05) is 18.2 Å². The summed E-state index contributed by atoms with van der Waals surface area (Å²) in [6.07, 6.45) is 0. The smallest absolute Gasteiger partial charge is 0.206 e. The van der Waals surface area contributed by atoms with Crippen LogP contribution in [-0.4, -0.2) is 25.9 Å². The Morgan fingerprint density at radius 3 is 2.77 bits per heavy atom. The Hall–Kier alpha value is -3.07. The number of nitrogens with zero attached hydrogens (tertiary/aromatic N) is 4. The number of nitriles is 1. The summed E-state index contributed by atoms with van der Waals surface area (Å²) >= 11 is 0. The van der Waals surface area contributed by atoms with E-state index in [2.05, 4.69) is 20.2 Å². The van der Waals surface area contributed by atoms with Gasteiger partial charge >= 0.3 is 0 Å². The fourth-order valence-electron chi connectivity index (χ4n) is 2.44. The van der Waals surface area contributed by atoms with E-state index < -0.39 is 5.92 Å². The lowest BCUT2D eigenvalue weighted by atomic mass is 9.97. The van der Waals surface area contributed by atoms with E-state index in [0.717, 1.165) is 11.2 Å². The van der Waals surface area contributed by atoms with E-state index in [1.54, 1.807) is 26.0 Å². The summed E-state index contributed by atoms with van der Waals surface area (Å²) in [7, 11) is 0. The molecule has 0 aliphatic heterocycles. The summed E-state index contributed by atoms with van der Waals surface area (Å²) in [5.41, 5.74) is 2.15. The number of aromatic amines is 1. The number of fused-ring (bicyclic) bond motifs is 1. The third-order valence-electron chi connectivity index (χ3n) is 3.38. The van der Waals surface area contributed by atoms with Crippen molar-refractivity contribution >= 4 is 16.7 Å². The molecule has 2 heterocycles. The number of hydrogen-bond donors (Lipinski definition) is 1. The fraction of sp³-hybridized carbons (Fsp3) is 0.188. The van der Waals surface area contributed by atoms with Crippen LogP contribution in [0.2, 0.25) is 0 Å². The molecule has 3 aromatic rings. The lowest BCUT2D eigenvalue weighted by Gasteiger charge is -2.08. The summed E-state index contributed by atoms with van der Waals surface area (Å²) in [4.78, 5) is 21.1. The molecule has 0 bridgehead atoms. The molecule has 108 valence electrons. The zero-order chi connectivity index (χ0) is 15.7. The minimum Gasteiger partial charge on any atom is -0.290 e. The van der Waals surface area contributed by atoms with Crippen LogP contribution in [0.3, 0.4) is 0 Å². The molecular formula is C16H13N5O. The monoisotopic (exact) mass is 291 g/mol. The van der Waals surface area contributed by atoms with Crippen LogP contribution in [0.5, 0.6) is 0 Å². The standard InChI is InChI=1S/C16H13N5O/c1-9-7-14(19-10(2)18-9)12(8-17)16(22)15-11-5-3-4-6-13(11)20-21-15/h3-7,12H,1-2H3,(H,20,21). The van der Waals surface area contributed by atoms with Crippen molar-refractivity contribution in [1.29, 1.82) is 5.26 Å². The quantitative estimate of drug-likeness (QED) is 0.748. The number of aryl methyl sites for hydroxylation is 2. The van der Waals surface area contributed by atoms with Gasteiger partial charge < -0.3 is 0 Å². The number of Topliss-reactive ketones (excluding diaryl/α,β-unsaturated/α-hetero) is 1. The van der Waals surface area contributed by atoms with Gasteiger partial charge in [0.05, 0.1) is 17.3 Å². The summed E-state index contributed by atoms with van der Waals surface area (Å²) in [6.45, 7) is 3.54. The van der Waals surface area contributed by atoms with E-state index in [4.69, 9.17) is 0 Å². The largest absolute Gasteiger partial charge is 0.290 e. The molecule has 6 heteroatoms. The lowest BCUT2D eigenvalue weighted by Crippen LogP contribution is -2.15. The predicted molar refractivity (Wildman–Crippen MR) is 80.3 cm³/mol. The average molecular weight is 291 g/mol. The van der Waals surface area contributed by atoms with Crippen LogP contribution in [-0.2, 0) is 0 Å². The third kappa shape index (κ3) is 2.33. The Kier molecular flexibility index (Phi) is 3.39. The van der Waals surface area contributed by atoms with Crippen molar-refractivity contribution in [2.24, 2.45) is 0 Å². The highest BCUT2D eigenvalue weighted by Gasteiger charge is 2.27. The molecule has 1 unspecified atom stereocenters. The molecule has 22 heavy (non-hydrogen) atoms. The van der Waals surface area contributed by atoms with Gasteiger partial charge in [-0.25, -0.2) is 9.97 Å². The van der Waals surface area contributed by atoms with Crippen LogP contribution in [0.4, 0.5) is 0 Å². The first-order valence-corrected chi connectivity index (χ1v) is 6.79. The van der Waals surface area contributed by atoms with Crippen molar-refractivity contribution in [2.45, 2.75) is 19.8 Å². The molecule has 3 rings (SSSR count). The fourth-order valence-corrected chi connectivity index (χ4v) is 2.44. The molecule has 6 nitrogen and oxygen atoms in total. The highest BCUT2D eigenvalue weighted by Crippen LogP contribution is 2.23. The molecule has 0 aliphatic rings. The third-order valence-corrected chi connectivity index (χ3v) is 3.38. The van der Waals surface area contributed by atoms with E-state index >= 15 is 0 Å². The van der Waals surface area contributed by atoms with Gasteiger partial charge in [-0.15, -0.1) is 0 Å². The number of ketones is 1. The van der Waals surface area contributed by atoms with Gasteiger partial charge in [-0.2, -0.15) is 10.4 Å². The Morgan fingerprint density at radius 2 is 2.05 bits per heavy atom. The van der Waals surface area contributed by atoms with Crippen LogP contribution < -0.4 is 0 Å². The normalized spacial score (nSPS) is 12.0. The first-order chi connectivity index (χ1) is 10.6. The van der Waals surface area contributed by atoms with Crippen molar-refractivity contribution < 1.29 is 4.79 Å². The number of H-pyrrole nitrogens is 1. The number of carbonyl (C=O) groups is 1. The Labute approximate surface area is 126 Å². The van der Waals surface area contributed by atoms with Crippen LogP contribution in [0.25, 0.3) is 10.9 Å². The molecular weight excluding hydrogens is 278 g/mol. The predicted octanol–water partition coefficient (Wildman–Crippen LogP) is 2.46. The zero-order valence-corrected chi connectivity index (χ0v) is 12.2. The highest BCUT2D eigenvalue weighted by molar-refractivity contribution is 6.09. The number of carbonyl (C=O) groups excluding carboxylic acids is 1. The summed E-state index contributed by atoms with van der Waals surface area (Å²) < 4.78 is 0. The Morgan fingerprint density at radius 1 is 1.27 bits per heavy atom. The van der Waals surface area contributed by atoms with Gasteiger partial charge in [0, 0.05) is 11.1 Å².